The van der Waals surface area contributed by atoms with Crippen LogP contribution in [0.3, 0.4) is 0 Å². The van der Waals surface area contributed by atoms with Crippen LogP contribution in [0, 0.1) is 23.2 Å². The first-order chi connectivity index (χ1) is 8.95. The molecule has 0 amide bonds. The summed E-state index contributed by atoms with van der Waals surface area (Å²) in [6.07, 6.45) is 2.46. The van der Waals surface area contributed by atoms with Gasteiger partial charge in [-0.15, -0.1) is 0 Å². The van der Waals surface area contributed by atoms with E-state index < -0.39 is 10.0 Å². The minimum absolute atomic E-state index is 0.0128. The maximum absolute atomic E-state index is 12.6. The Hall–Kier alpha value is -1.45. The Morgan fingerprint density at radius 3 is 2.58 bits per heavy atom. The molecule has 0 spiro atoms. The first-order valence-electron chi connectivity index (χ1n) is 6.30. The first-order valence-corrected chi connectivity index (χ1v) is 7.74. The highest BCUT2D eigenvalue weighted by Gasteiger charge is 2.33. The molecule has 5 nitrogen and oxygen atoms in total. The molecule has 0 saturated carbocycles. The predicted molar refractivity (Wildman–Crippen MR) is 70.7 cm³/mol. The van der Waals surface area contributed by atoms with Crippen LogP contribution in [-0.4, -0.2) is 30.8 Å². The number of rotatable bonds is 2. The van der Waals surface area contributed by atoms with Gasteiger partial charge in [-0.3, -0.25) is 0 Å². The molecule has 1 aliphatic heterocycles. The van der Waals surface area contributed by atoms with Gasteiger partial charge in [0.05, 0.1) is 0 Å². The lowest BCUT2D eigenvalue weighted by molar-refractivity contribution is 0.222. The van der Waals surface area contributed by atoms with E-state index in [9.17, 15) is 8.42 Å². The number of nitriles is 1. The molecule has 1 aliphatic rings. The molecule has 2 heterocycles. The molecule has 6 heteroatoms. The Morgan fingerprint density at radius 1 is 1.37 bits per heavy atom. The Bertz CT molecular complexity index is 597. The van der Waals surface area contributed by atoms with Crippen molar-refractivity contribution in [3.63, 3.8) is 0 Å². The van der Waals surface area contributed by atoms with Gasteiger partial charge in [0, 0.05) is 19.3 Å². The van der Waals surface area contributed by atoms with Crippen molar-refractivity contribution in [2.45, 2.75) is 25.2 Å². The molecular formula is C13H17N3O2S. The number of sulfonamides is 1. The number of hydrogen-bond donors (Lipinski definition) is 0. The van der Waals surface area contributed by atoms with Crippen molar-refractivity contribution >= 4 is 10.0 Å². The van der Waals surface area contributed by atoms with Crippen molar-refractivity contribution in [1.29, 1.82) is 5.26 Å². The van der Waals surface area contributed by atoms with E-state index in [2.05, 4.69) is 4.98 Å². The van der Waals surface area contributed by atoms with Crippen LogP contribution >= 0.6 is 0 Å². The highest BCUT2D eigenvalue weighted by atomic mass is 32.2. The lowest BCUT2D eigenvalue weighted by Crippen LogP contribution is -2.42. The standard InChI is InChI=1S/C13H17N3O2S/c1-10-6-11(2)9-16(8-10)19(17,18)13-4-3-5-15-12(13)7-14/h3-5,10-11H,6,8-9H2,1-2H3. The summed E-state index contributed by atoms with van der Waals surface area (Å²) in [4.78, 5) is 3.84. The molecule has 0 aliphatic carbocycles. The third-order valence-corrected chi connectivity index (χ3v) is 5.19. The number of hydrogen-bond acceptors (Lipinski definition) is 4. The average molecular weight is 279 g/mol. The highest BCUT2D eigenvalue weighted by Crippen LogP contribution is 2.27. The van der Waals surface area contributed by atoms with Gasteiger partial charge in [-0.25, -0.2) is 13.4 Å². The van der Waals surface area contributed by atoms with Crippen molar-refractivity contribution in [3.8, 4) is 6.07 Å². The van der Waals surface area contributed by atoms with Crippen molar-refractivity contribution in [1.82, 2.24) is 9.29 Å². The van der Waals surface area contributed by atoms with E-state index in [0.717, 1.165) is 6.42 Å². The largest absolute Gasteiger partial charge is 0.245 e. The predicted octanol–water partition coefficient (Wildman–Crippen LogP) is 1.62. The van der Waals surface area contributed by atoms with Gasteiger partial charge in [-0.05, 0) is 30.4 Å². The van der Waals surface area contributed by atoms with Crippen molar-refractivity contribution in [3.05, 3.63) is 24.0 Å². The summed E-state index contributed by atoms with van der Waals surface area (Å²) in [6, 6.07) is 4.84. The summed E-state index contributed by atoms with van der Waals surface area (Å²) >= 11 is 0. The summed E-state index contributed by atoms with van der Waals surface area (Å²) in [7, 11) is -3.62. The van der Waals surface area contributed by atoms with Crippen LogP contribution in [0.5, 0.6) is 0 Å². The summed E-state index contributed by atoms with van der Waals surface area (Å²) in [5.41, 5.74) is -0.0339. The van der Waals surface area contributed by atoms with Gasteiger partial charge in [-0.1, -0.05) is 13.8 Å². The monoisotopic (exact) mass is 279 g/mol. The molecule has 2 unspecified atom stereocenters. The Morgan fingerprint density at radius 2 is 2.00 bits per heavy atom. The molecule has 2 atom stereocenters. The van der Waals surface area contributed by atoms with Crippen LogP contribution in [0.25, 0.3) is 0 Å². The molecule has 2 rings (SSSR count). The topological polar surface area (TPSA) is 74.1 Å². The molecular weight excluding hydrogens is 262 g/mol. The van der Waals surface area contributed by atoms with Gasteiger partial charge >= 0.3 is 0 Å². The minimum atomic E-state index is -3.62. The van der Waals surface area contributed by atoms with Crippen molar-refractivity contribution in [2.75, 3.05) is 13.1 Å². The molecule has 1 saturated heterocycles. The van der Waals surface area contributed by atoms with Gasteiger partial charge < -0.3 is 0 Å². The zero-order valence-corrected chi connectivity index (χ0v) is 11.9. The normalized spacial score (nSPS) is 24.9. The lowest BCUT2D eigenvalue weighted by Gasteiger charge is -2.34. The molecule has 0 aromatic carbocycles. The third kappa shape index (κ3) is 2.77. The average Bonchev–Trinajstić information content (AvgIpc) is 2.37. The van der Waals surface area contributed by atoms with Crippen LogP contribution in [0.15, 0.2) is 23.2 Å². The fraction of sp³-hybridized carbons (Fsp3) is 0.538. The number of piperidine rings is 1. The van der Waals surface area contributed by atoms with E-state index >= 15 is 0 Å². The molecule has 1 aromatic rings. The SMILES string of the molecule is CC1CC(C)CN(S(=O)(=O)c2cccnc2C#N)C1. The third-order valence-electron chi connectivity index (χ3n) is 3.33. The van der Waals surface area contributed by atoms with E-state index in [1.807, 2.05) is 19.9 Å². The van der Waals surface area contributed by atoms with E-state index in [4.69, 9.17) is 5.26 Å². The van der Waals surface area contributed by atoms with Crippen molar-refractivity contribution < 1.29 is 8.42 Å². The van der Waals surface area contributed by atoms with Crippen LogP contribution in [0.1, 0.15) is 26.0 Å². The zero-order valence-electron chi connectivity index (χ0n) is 11.1. The fourth-order valence-electron chi connectivity index (χ4n) is 2.62. The van der Waals surface area contributed by atoms with E-state index in [1.165, 1.54) is 16.6 Å². The summed E-state index contributed by atoms with van der Waals surface area (Å²) in [5.74, 6) is 0.668. The molecule has 1 fully saturated rings. The van der Waals surface area contributed by atoms with Crippen LogP contribution in [0.2, 0.25) is 0 Å². The van der Waals surface area contributed by atoms with Crippen LogP contribution < -0.4 is 0 Å². The Labute approximate surface area is 113 Å². The highest BCUT2D eigenvalue weighted by molar-refractivity contribution is 7.89. The molecule has 102 valence electrons. The Kier molecular flexibility index (Phi) is 3.88. The van der Waals surface area contributed by atoms with Gasteiger partial charge in [-0.2, -0.15) is 9.57 Å². The van der Waals surface area contributed by atoms with Gasteiger partial charge in [0.2, 0.25) is 10.0 Å². The number of pyridine rings is 1. The molecule has 19 heavy (non-hydrogen) atoms. The second-order valence-electron chi connectivity index (χ2n) is 5.23. The second kappa shape index (κ2) is 5.27. The van der Waals surface area contributed by atoms with Gasteiger partial charge in [0.1, 0.15) is 11.0 Å². The summed E-state index contributed by atoms with van der Waals surface area (Å²) < 4.78 is 26.7. The molecule has 1 aromatic heterocycles. The van der Waals surface area contributed by atoms with E-state index in [1.54, 1.807) is 6.07 Å². The lowest BCUT2D eigenvalue weighted by atomic mass is 9.94. The van der Waals surface area contributed by atoms with Crippen LogP contribution in [0.4, 0.5) is 0 Å². The smallest absolute Gasteiger partial charge is 0.244 e. The molecule has 0 N–H and O–H groups in total. The molecule has 0 bridgehead atoms. The van der Waals surface area contributed by atoms with E-state index in [-0.39, 0.29) is 10.6 Å². The summed E-state index contributed by atoms with van der Waals surface area (Å²) in [5, 5.41) is 8.99. The van der Waals surface area contributed by atoms with Gasteiger partial charge in [0.15, 0.2) is 5.69 Å². The zero-order chi connectivity index (χ0) is 14.0. The number of nitrogens with zero attached hydrogens (tertiary/aromatic N) is 3. The first kappa shape index (κ1) is 14.0. The quantitative estimate of drug-likeness (QED) is 0.824. The van der Waals surface area contributed by atoms with Gasteiger partial charge in [0.25, 0.3) is 0 Å². The summed E-state index contributed by atoms with van der Waals surface area (Å²) in [6.45, 7) is 5.11. The van der Waals surface area contributed by atoms with Crippen LogP contribution in [-0.2, 0) is 10.0 Å². The second-order valence-corrected chi connectivity index (χ2v) is 7.14. The maximum Gasteiger partial charge on any atom is 0.245 e. The van der Waals surface area contributed by atoms with E-state index in [0.29, 0.717) is 24.9 Å². The molecule has 0 radical (unpaired) electrons. The van der Waals surface area contributed by atoms with Crippen molar-refractivity contribution in [2.24, 2.45) is 11.8 Å². The Balaban J connectivity index is 2.40. The number of aromatic nitrogens is 1. The fourth-order valence-corrected chi connectivity index (χ4v) is 4.40. The maximum atomic E-state index is 12.6. The minimum Gasteiger partial charge on any atom is -0.244 e.